The van der Waals surface area contributed by atoms with Crippen molar-refractivity contribution in [1.82, 2.24) is 0 Å². The Morgan fingerprint density at radius 3 is 2.22 bits per heavy atom. The monoisotopic (exact) mass is 132 g/mol. The maximum Gasteiger partial charge on any atom is 0.0900 e. The standard InChI is InChI=1S/C7H13FO/c8-5-4-7(6-9)2-1-3-7/h9H,1-6H2. The molecule has 2 heteroatoms. The van der Waals surface area contributed by atoms with E-state index in [1.807, 2.05) is 0 Å². The van der Waals surface area contributed by atoms with Crippen LogP contribution in [0.4, 0.5) is 4.39 Å². The molecule has 1 nitrogen and oxygen atoms in total. The van der Waals surface area contributed by atoms with Gasteiger partial charge in [-0.2, -0.15) is 0 Å². The van der Waals surface area contributed by atoms with Crippen LogP contribution in [0.1, 0.15) is 25.7 Å². The summed E-state index contributed by atoms with van der Waals surface area (Å²) in [6.45, 7) is -0.0997. The van der Waals surface area contributed by atoms with E-state index in [1.54, 1.807) is 0 Å². The molecule has 1 N–H and O–H groups in total. The number of rotatable bonds is 3. The molecule has 0 heterocycles. The lowest BCUT2D eigenvalue weighted by molar-refractivity contribution is 0.0300. The van der Waals surface area contributed by atoms with E-state index in [9.17, 15) is 4.39 Å². The van der Waals surface area contributed by atoms with Crippen LogP contribution in [-0.4, -0.2) is 18.4 Å². The van der Waals surface area contributed by atoms with Crippen LogP contribution in [0.3, 0.4) is 0 Å². The van der Waals surface area contributed by atoms with Gasteiger partial charge in [-0.05, 0) is 24.7 Å². The van der Waals surface area contributed by atoms with Crippen molar-refractivity contribution in [2.75, 3.05) is 13.3 Å². The van der Waals surface area contributed by atoms with Gasteiger partial charge in [-0.1, -0.05) is 6.42 Å². The van der Waals surface area contributed by atoms with Crippen molar-refractivity contribution in [2.24, 2.45) is 5.41 Å². The number of hydrogen-bond acceptors (Lipinski definition) is 1. The van der Waals surface area contributed by atoms with Gasteiger partial charge >= 0.3 is 0 Å². The van der Waals surface area contributed by atoms with Crippen molar-refractivity contribution in [1.29, 1.82) is 0 Å². The Morgan fingerprint density at radius 2 is 2.11 bits per heavy atom. The van der Waals surface area contributed by atoms with E-state index in [0.29, 0.717) is 6.42 Å². The second kappa shape index (κ2) is 2.65. The predicted octanol–water partition coefficient (Wildman–Crippen LogP) is 1.51. The molecule has 0 spiro atoms. The first-order valence-electron chi connectivity index (χ1n) is 3.50. The van der Waals surface area contributed by atoms with E-state index in [-0.39, 0.29) is 18.7 Å². The van der Waals surface area contributed by atoms with Crippen LogP contribution < -0.4 is 0 Å². The average Bonchev–Trinajstić information content (AvgIpc) is 1.79. The summed E-state index contributed by atoms with van der Waals surface area (Å²) in [6, 6.07) is 0. The Morgan fingerprint density at radius 1 is 1.44 bits per heavy atom. The number of hydrogen-bond donors (Lipinski definition) is 1. The third-order valence-corrected chi connectivity index (χ3v) is 2.37. The molecule has 0 aromatic rings. The third kappa shape index (κ3) is 1.23. The Hall–Kier alpha value is -0.110. The molecule has 9 heavy (non-hydrogen) atoms. The molecule has 1 aliphatic rings. The van der Waals surface area contributed by atoms with Crippen LogP contribution in [0.15, 0.2) is 0 Å². The average molecular weight is 132 g/mol. The molecule has 0 bridgehead atoms. The highest BCUT2D eigenvalue weighted by Gasteiger charge is 2.35. The molecule has 0 aliphatic heterocycles. The largest absolute Gasteiger partial charge is 0.396 e. The Kier molecular flexibility index (Phi) is 2.06. The lowest BCUT2D eigenvalue weighted by Crippen LogP contribution is -2.33. The lowest BCUT2D eigenvalue weighted by atomic mass is 9.67. The Bertz CT molecular complexity index is 83.4. The molecule has 1 saturated carbocycles. The zero-order chi connectivity index (χ0) is 6.74. The number of alkyl halides is 1. The molecular formula is C7H13FO. The highest BCUT2D eigenvalue weighted by molar-refractivity contribution is 4.86. The Balaban J connectivity index is 2.28. The van der Waals surface area contributed by atoms with Gasteiger partial charge < -0.3 is 5.11 Å². The third-order valence-electron chi connectivity index (χ3n) is 2.37. The zero-order valence-electron chi connectivity index (χ0n) is 5.57. The first-order valence-corrected chi connectivity index (χ1v) is 3.50. The van der Waals surface area contributed by atoms with Crippen LogP contribution >= 0.6 is 0 Å². The molecule has 0 unspecified atom stereocenters. The fraction of sp³-hybridized carbons (Fsp3) is 1.00. The Labute approximate surface area is 54.9 Å². The molecule has 0 amide bonds. The van der Waals surface area contributed by atoms with Crippen molar-refractivity contribution >= 4 is 0 Å². The molecular weight excluding hydrogens is 119 g/mol. The minimum atomic E-state index is -0.277. The highest BCUT2D eigenvalue weighted by Crippen LogP contribution is 2.43. The SMILES string of the molecule is OCC1(CCF)CCC1. The van der Waals surface area contributed by atoms with E-state index in [1.165, 1.54) is 6.42 Å². The van der Waals surface area contributed by atoms with E-state index in [0.717, 1.165) is 12.8 Å². The van der Waals surface area contributed by atoms with Gasteiger partial charge in [0.15, 0.2) is 0 Å². The minimum absolute atomic E-state index is 0.00521. The van der Waals surface area contributed by atoms with E-state index >= 15 is 0 Å². The van der Waals surface area contributed by atoms with Crippen LogP contribution in [-0.2, 0) is 0 Å². The predicted molar refractivity (Wildman–Crippen MR) is 34.0 cm³/mol. The molecule has 1 rings (SSSR count). The second-order valence-corrected chi connectivity index (χ2v) is 2.95. The molecule has 0 aromatic heterocycles. The van der Waals surface area contributed by atoms with Gasteiger partial charge in [0.25, 0.3) is 0 Å². The van der Waals surface area contributed by atoms with E-state index < -0.39 is 0 Å². The minimum Gasteiger partial charge on any atom is -0.396 e. The van der Waals surface area contributed by atoms with Crippen molar-refractivity contribution in [3.05, 3.63) is 0 Å². The lowest BCUT2D eigenvalue weighted by Gasteiger charge is -2.39. The first-order chi connectivity index (χ1) is 4.33. The zero-order valence-corrected chi connectivity index (χ0v) is 5.57. The van der Waals surface area contributed by atoms with Crippen LogP contribution in [0.5, 0.6) is 0 Å². The van der Waals surface area contributed by atoms with Crippen molar-refractivity contribution < 1.29 is 9.50 Å². The summed E-state index contributed by atoms with van der Waals surface area (Å²) in [5.41, 5.74) is -0.00521. The van der Waals surface area contributed by atoms with Gasteiger partial charge in [-0.15, -0.1) is 0 Å². The maximum absolute atomic E-state index is 11.8. The van der Waals surface area contributed by atoms with Crippen molar-refractivity contribution in [3.8, 4) is 0 Å². The molecule has 0 radical (unpaired) electrons. The summed E-state index contributed by atoms with van der Waals surface area (Å²) >= 11 is 0. The fourth-order valence-corrected chi connectivity index (χ4v) is 1.36. The molecule has 0 saturated heterocycles. The summed E-state index contributed by atoms with van der Waals surface area (Å²) in [6.07, 6.45) is 3.77. The second-order valence-electron chi connectivity index (χ2n) is 2.95. The molecule has 0 aromatic carbocycles. The summed E-state index contributed by atoms with van der Waals surface area (Å²) in [4.78, 5) is 0. The van der Waals surface area contributed by atoms with Gasteiger partial charge in [0, 0.05) is 6.61 Å². The first kappa shape index (κ1) is 7.00. The van der Waals surface area contributed by atoms with Gasteiger partial charge in [0.2, 0.25) is 0 Å². The normalized spacial score (nSPS) is 23.3. The summed E-state index contributed by atoms with van der Waals surface area (Å²) in [7, 11) is 0. The fourth-order valence-electron chi connectivity index (χ4n) is 1.36. The number of aliphatic hydroxyl groups excluding tert-OH is 1. The summed E-state index contributed by atoms with van der Waals surface area (Å²) in [5.74, 6) is 0. The van der Waals surface area contributed by atoms with Gasteiger partial charge in [0.1, 0.15) is 0 Å². The highest BCUT2D eigenvalue weighted by atomic mass is 19.1. The number of aliphatic hydroxyl groups is 1. The molecule has 1 fully saturated rings. The van der Waals surface area contributed by atoms with Gasteiger partial charge in [0.05, 0.1) is 6.67 Å². The van der Waals surface area contributed by atoms with Gasteiger partial charge in [-0.3, -0.25) is 4.39 Å². The smallest absolute Gasteiger partial charge is 0.0900 e. The van der Waals surface area contributed by atoms with Crippen molar-refractivity contribution in [3.63, 3.8) is 0 Å². The molecule has 0 atom stereocenters. The summed E-state index contributed by atoms with van der Waals surface area (Å²) < 4.78 is 11.8. The quantitative estimate of drug-likeness (QED) is 0.617. The van der Waals surface area contributed by atoms with E-state index in [4.69, 9.17) is 5.11 Å². The van der Waals surface area contributed by atoms with Crippen molar-refractivity contribution in [2.45, 2.75) is 25.7 Å². The topological polar surface area (TPSA) is 20.2 Å². The number of halogens is 1. The van der Waals surface area contributed by atoms with Crippen LogP contribution in [0.25, 0.3) is 0 Å². The van der Waals surface area contributed by atoms with Gasteiger partial charge in [-0.25, -0.2) is 0 Å². The molecule has 54 valence electrons. The van der Waals surface area contributed by atoms with Crippen LogP contribution in [0.2, 0.25) is 0 Å². The molecule has 1 aliphatic carbocycles. The maximum atomic E-state index is 11.8. The van der Waals surface area contributed by atoms with Crippen LogP contribution in [0, 0.1) is 5.41 Å². The van der Waals surface area contributed by atoms with E-state index in [2.05, 4.69) is 0 Å². The summed E-state index contributed by atoms with van der Waals surface area (Å²) in [5, 5.41) is 8.80.